The van der Waals surface area contributed by atoms with Crippen molar-refractivity contribution in [1.82, 2.24) is 10.2 Å². The average Bonchev–Trinajstić information content (AvgIpc) is 3.02. The number of carbonyl (C=O) groups excluding carboxylic acids is 1. The molecule has 3 atom stereocenters. The Balaban J connectivity index is 2.06. The van der Waals surface area contributed by atoms with E-state index in [0.29, 0.717) is 0 Å². The second kappa shape index (κ2) is 7.53. The third-order valence-corrected chi connectivity index (χ3v) is 7.64. The summed E-state index contributed by atoms with van der Waals surface area (Å²) in [6.07, 6.45) is 2.25. The lowest BCUT2D eigenvalue weighted by atomic mass is 10.1. The van der Waals surface area contributed by atoms with Crippen LogP contribution in [-0.4, -0.2) is 66.9 Å². The Morgan fingerprint density at radius 3 is 2.45 bits per heavy atom. The van der Waals surface area contributed by atoms with Gasteiger partial charge in [0.05, 0.1) is 22.8 Å². The second-order valence-electron chi connectivity index (χ2n) is 6.62. The van der Waals surface area contributed by atoms with Crippen molar-refractivity contribution in [3.8, 4) is 0 Å². The van der Waals surface area contributed by atoms with E-state index < -0.39 is 9.84 Å². The standard InChI is InChI=1S/C15H28N2O3S2/c1-4-21-14(11(2)3)15(18)16-12-9-22(19,20)10-13(12)17-7-5-6-8-17/h11-14H,4-10H2,1-3H3,(H,16,18)/t12-,13+,14-/m0/s1. The molecule has 0 aliphatic carbocycles. The van der Waals surface area contributed by atoms with E-state index in [1.165, 1.54) is 0 Å². The van der Waals surface area contributed by atoms with Crippen molar-refractivity contribution in [2.24, 2.45) is 5.92 Å². The van der Waals surface area contributed by atoms with Crippen LogP contribution in [0, 0.1) is 5.92 Å². The molecule has 2 heterocycles. The first-order valence-corrected chi connectivity index (χ1v) is 11.1. The number of rotatable bonds is 6. The van der Waals surface area contributed by atoms with Crippen LogP contribution in [-0.2, 0) is 14.6 Å². The van der Waals surface area contributed by atoms with Crippen molar-refractivity contribution < 1.29 is 13.2 Å². The van der Waals surface area contributed by atoms with Crippen molar-refractivity contribution in [2.45, 2.75) is 50.9 Å². The second-order valence-corrected chi connectivity index (χ2v) is 10.2. The van der Waals surface area contributed by atoms with Crippen molar-refractivity contribution in [2.75, 3.05) is 30.3 Å². The zero-order valence-corrected chi connectivity index (χ0v) is 15.4. The Kier molecular flexibility index (Phi) is 6.19. The summed E-state index contributed by atoms with van der Waals surface area (Å²) in [5.41, 5.74) is 0. The molecular weight excluding hydrogens is 320 g/mol. The summed E-state index contributed by atoms with van der Waals surface area (Å²) in [6, 6.07) is -0.301. The fourth-order valence-electron chi connectivity index (χ4n) is 3.42. The van der Waals surface area contributed by atoms with Gasteiger partial charge in [0, 0.05) is 6.04 Å². The Labute approximate surface area is 138 Å². The first kappa shape index (κ1) is 18.1. The number of sulfone groups is 1. The molecule has 2 saturated heterocycles. The van der Waals surface area contributed by atoms with Gasteiger partial charge in [-0.25, -0.2) is 8.42 Å². The summed E-state index contributed by atoms with van der Waals surface area (Å²) >= 11 is 1.63. The largest absolute Gasteiger partial charge is 0.350 e. The molecule has 1 N–H and O–H groups in total. The summed E-state index contributed by atoms with van der Waals surface area (Å²) in [4.78, 5) is 14.8. The van der Waals surface area contributed by atoms with Crippen LogP contribution in [0.25, 0.3) is 0 Å². The maximum atomic E-state index is 12.6. The smallest absolute Gasteiger partial charge is 0.233 e. The normalized spacial score (nSPS) is 29.8. The van der Waals surface area contributed by atoms with Gasteiger partial charge in [0.2, 0.25) is 5.91 Å². The van der Waals surface area contributed by atoms with E-state index in [4.69, 9.17) is 0 Å². The van der Waals surface area contributed by atoms with Gasteiger partial charge in [-0.2, -0.15) is 0 Å². The number of carbonyl (C=O) groups is 1. The molecule has 2 rings (SSSR count). The number of hydrogen-bond donors (Lipinski definition) is 1. The summed E-state index contributed by atoms with van der Waals surface area (Å²) in [5, 5.41) is 2.94. The molecule has 0 aromatic heterocycles. The molecule has 128 valence electrons. The topological polar surface area (TPSA) is 66.5 Å². The number of amides is 1. The van der Waals surface area contributed by atoms with E-state index >= 15 is 0 Å². The number of nitrogens with zero attached hydrogens (tertiary/aromatic N) is 1. The molecule has 0 radical (unpaired) electrons. The third kappa shape index (κ3) is 4.38. The molecule has 2 aliphatic rings. The third-order valence-electron chi connectivity index (χ3n) is 4.47. The molecule has 7 heteroatoms. The van der Waals surface area contributed by atoms with Crippen molar-refractivity contribution in [3.05, 3.63) is 0 Å². The number of thioether (sulfide) groups is 1. The molecule has 0 saturated carbocycles. The van der Waals surface area contributed by atoms with Crippen LogP contribution in [0.1, 0.15) is 33.6 Å². The highest BCUT2D eigenvalue weighted by atomic mass is 32.2. The monoisotopic (exact) mass is 348 g/mol. The minimum Gasteiger partial charge on any atom is -0.350 e. The highest BCUT2D eigenvalue weighted by Gasteiger charge is 2.43. The zero-order valence-electron chi connectivity index (χ0n) is 13.7. The molecule has 0 spiro atoms. The van der Waals surface area contributed by atoms with Gasteiger partial charge in [0.25, 0.3) is 0 Å². The molecule has 22 heavy (non-hydrogen) atoms. The van der Waals surface area contributed by atoms with Gasteiger partial charge in [-0.05, 0) is 37.6 Å². The predicted molar refractivity (Wildman–Crippen MR) is 91.9 cm³/mol. The zero-order chi connectivity index (χ0) is 16.3. The van der Waals surface area contributed by atoms with E-state index in [1.807, 2.05) is 20.8 Å². The maximum absolute atomic E-state index is 12.6. The Hall–Kier alpha value is -0.270. The first-order valence-electron chi connectivity index (χ1n) is 8.20. The molecule has 0 aromatic carbocycles. The van der Waals surface area contributed by atoms with Gasteiger partial charge in [-0.3, -0.25) is 9.69 Å². The van der Waals surface area contributed by atoms with Crippen molar-refractivity contribution >= 4 is 27.5 Å². The van der Waals surface area contributed by atoms with E-state index in [-0.39, 0.29) is 40.7 Å². The first-order chi connectivity index (χ1) is 10.3. The summed E-state index contributed by atoms with van der Waals surface area (Å²) in [6.45, 7) is 8.01. The van der Waals surface area contributed by atoms with E-state index in [0.717, 1.165) is 31.7 Å². The maximum Gasteiger partial charge on any atom is 0.233 e. The van der Waals surface area contributed by atoms with Crippen LogP contribution in [0.3, 0.4) is 0 Å². The van der Waals surface area contributed by atoms with Crippen LogP contribution < -0.4 is 5.32 Å². The van der Waals surface area contributed by atoms with Crippen LogP contribution in [0.2, 0.25) is 0 Å². The van der Waals surface area contributed by atoms with Crippen LogP contribution >= 0.6 is 11.8 Å². The van der Waals surface area contributed by atoms with Crippen LogP contribution in [0.15, 0.2) is 0 Å². The molecule has 5 nitrogen and oxygen atoms in total. The molecule has 2 fully saturated rings. The van der Waals surface area contributed by atoms with Crippen molar-refractivity contribution in [3.63, 3.8) is 0 Å². The molecule has 2 aliphatic heterocycles. The summed E-state index contributed by atoms with van der Waals surface area (Å²) < 4.78 is 24.1. The van der Waals surface area contributed by atoms with Crippen molar-refractivity contribution in [1.29, 1.82) is 0 Å². The van der Waals surface area contributed by atoms with E-state index in [9.17, 15) is 13.2 Å². The van der Waals surface area contributed by atoms with Crippen LogP contribution in [0.4, 0.5) is 0 Å². The van der Waals surface area contributed by atoms with Gasteiger partial charge in [0.15, 0.2) is 9.84 Å². The molecule has 0 unspecified atom stereocenters. The summed E-state index contributed by atoms with van der Waals surface area (Å²) in [5.74, 6) is 1.39. The highest BCUT2D eigenvalue weighted by Crippen LogP contribution is 2.24. The van der Waals surface area contributed by atoms with Gasteiger partial charge in [-0.15, -0.1) is 11.8 Å². The van der Waals surface area contributed by atoms with Gasteiger partial charge < -0.3 is 5.32 Å². The highest BCUT2D eigenvalue weighted by molar-refractivity contribution is 8.00. The molecule has 1 amide bonds. The SMILES string of the molecule is CCS[C@H](C(=O)N[C@H]1CS(=O)(=O)C[C@H]1N1CCCC1)C(C)C. The predicted octanol–water partition coefficient (Wildman–Crippen LogP) is 1.14. The number of likely N-dealkylation sites (tertiary alicyclic amines) is 1. The number of hydrogen-bond acceptors (Lipinski definition) is 5. The van der Waals surface area contributed by atoms with Gasteiger partial charge >= 0.3 is 0 Å². The lowest BCUT2D eigenvalue weighted by Gasteiger charge is -2.30. The Morgan fingerprint density at radius 1 is 1.27 bits per heavy atom. The average molecular weight is 349 g/mol. The Morgan fingerprint density at radius 2 is 1.91 bits per heavy atom. The fourth-order valence-corrected chi connectivity index (χ4v) is 6.33. The molecule has 0 aromatic rings. The lowest BCUT2D eigenvalue weighted by Crippen LogP contribution is -2.52. The Bertz CT molecular complexity index is 487. The molecule has 0 bridgehead atoms. The number of nitrogens with one attached hydrogen (secondary N) is 1. The van der Waals surface area contributed by atoms with E-state index in [1.54, 1.807) is 11.8 Å². The van der Waals surface area contributed by atoms with Gasteiger partial charge in [-0.1, -0.05) is 20.8 Å². The van der Waals surface area contributed by atoms with Crippen LogP contribution in [0.5, 0.6) is 0 Å². The minimum atomic E-state index is -3.05. The van der Waals surface area contributed by atoms with E-state index in [2.05, 4.69) is 10.2 Å². The minimum absolute atomic E-state index is 0.00635. The summed E-state index contributed by atoms with van der Waals surface area (Å²) in [7, 11) is -3.05. The molecular formula is C15H28N2O3S2. The lowest BCUT2D eigenvalue weighted by molar-refractivity contribution is -0.122. The van der Waals surface area contributed by atoms with Gasteiger partial charge in [0.1, 0.15) is 0 Å². The fraction of sp³-hybridized carbons (Fsp3) is 0.933. The quantitative estimate of drug-likeness (QED) is 0.780.